The molecule has 0 radical (unpaired) electrons. The minimum absolute atomic E-state index is 0.0653. The molecule has 3 nitrogen and oxygen atoms in total. The highest BCUT2D eigenvalue weighted by molar-refractivity contribution is 5.84. The Morgan fingerprint density at radius 2 is 2.15 bits per heavy atom. The van der Waals surface area contributed by atoms with Crippen molar-refractivity contribution < 1.29 is 14.3 Å². The molecule has 1 rings (SSSR count). The van der Waals surface area contributed by atoms with Crippen molar-refractivity contribution in [3.05, 3.63) is 12.7 Å². The molecule has 0 saturated carbocycles. The van der Waals surface area contributed by atoms with Gasteiger partial charge in [-0.15, -0.1) is 6.58 Å². The lowest BCUT2D eigenvalue weighted by atomic mass is 10.1. The smallest absolute Gasteiger partial charge is 0.164 e. The van der Waals surface area contributed by atoms with Crippen LogP contribution in [-0.2, 0) is 14.3 Å². The third-order valence-corrected chi connectivity index (χ3v) is 2.03. The van der Waals surface area contributed by atoms with Crippen LogP contribution in [0.1, 0.15) is 27.2 Å². The van der Waals surface area contributed by atoms with Crippen LogP contribution in [0.3, 0.4) is 0 Å². The average Bonchev–Trinajstić information content (AvgIpc) is 2.39. The maximum Gasteiger partial charge on any atom is 0.164 e. The molecule has 0 amide bonds. The summed E-state index contributed by atoms with van der Waals surface area (Å²) in [4.78, 5) is 11.4. The first-order valence-electron chi connectivity index (χ1n) is 4.51. The number of ketones is 1. The monoisotopic (exact) mass is 184 g/mol. The second kappa shape index (κ2) is 3.60. The van der Waals surface area contributed by atoms with E-state index in [1.54, 1.807) is 19.9 Å². The second-order valence-electron chi connectivity index (χ2n) is 3.58. The fourth-order valence-electron chi connectivity index (χ4n) is 1.41. The molecule has 1 heterocycles. The van der Waals surface area contributed by atoms with Gasteiger partial charge in [-0.25, -0.2) is 0 Å². The molecule has 74 valence electrons. The number of hydrogen-bond donors (Lipinski definition) is 0. The maximum atomic E-state index is 11.4. The van der Waals surface area contributed by atoms with Crippen LogP contribution in [0.5, 0.6) is 0 Å². The van der Waals surface area contributed by atoms with E-state index in [0.717, 1.165) is 0 Å². The lowest BCUT2D eigenvalue weighted by molar-refractivity contribution is -0.153. The molecule has 0 aliphatic carbocycles. The Morgan fingerprint density at radius 3 is 2.62 bits per heavy atom. The Balaban J connectivity index is 2.74. The Bertz CT molecular complexity index is 220. The highest BCUT2D eigenvalue weighted by atomic mass is 16.8. The van der Waals surface area contributed by atoms with E-state index in [1.807, 2.05) is 6.92 Å². The number of carbonyl (C=O) groups excluding carboxylic acids is 1. The van der Waals surface area contributed by atoms with Gasteiger partial charge in [-0.1, -0.05) is 13.0 Å². The normalized spacial score (nSPS) is 31.6. The molecule has 0 aromatic heterocycles. The summed E-state index contributed by atoms with van der Waals surface area (Å²) in [6.07, 6.45) is 1.31. The molecular formula is C10H16O3. The highest BCUT2D eigenvalue weighted by Gasteiger charge is 2.42. The van der Waals surface area contributed by atoms with Gasteiger partial charge in [0.2, 0.25) is 0 Å². The molecule has 1 saturated heterocycles. The standard InChI is InChI=1S/C10H16O3/c1-5-7(11)9-8(6-2)12-10(3,4)13-9/h6,8-9H,2,5H2,1,3-4H3/t8-,9+/m1/s1. The molecule has 0 bridgehead atoms. The van der Waals surface area contributed by atoms with Gasteiger partial charge in [-0.2, -0.15) is 0 Å². The van der Waals surface area contributed by atoms with Crippen LogP contribution in [0.4, 0.5) is 0 Å². The number of Topliss-reactive ketones (excluding diaryl/α,β-unsaturated/α-hetero) is 1. The fraction of sp³-hybridized carbons (Fsp3) is 0.700. The average molecular weight is 184 g/mol. The molecule has 1 aliphatic heterocycles. The van der Waals surface area contributed by atoms with Crippen LogP contribution < -0.4 is 0 Å². The van der Waals surface area contributed by atoms with Crippen molar-refractivity contribution in [2.75, 3.05) is 0 Å². The van der Waals surface area contributed by atoms with Crippen molar-refractivity contribution in [3.63, 3.8) is 0 Å². The number of hydrogen-bond acceptors (Lipinski definition) is 3. The third-order valence-electron chi connectivity index (χ3n) is 2.03. The van der Waals surface area contributed by atoms with Gasteiger partial charge in [0, 0.05) is 6.42 Å². The molecule has 0 aromatic rings. The van der Waals surface area contributed by atoms with Crippen LogP contribution in [0, 0.1) is 0 Å². The van der Waals surface area contributed by atoms with Gasteiger partial charge in [0.05, 0.1) is 0 Å². The fourth-order valence-corrected chi connectivity index (χ4v) is 1.41. The summed E-state index contributed by atoms with van der Waals surface area (Å²) in [5.41, 5.74) is 0. The van der Waals surface area contributed by atoms with Crippen molar-refractivity contribution in [1.29, 1.82) is 0 Å². The van der Waals surface area contributed by atoms with E-state index in [0.29, 0.717) is 6.42 Å². The minimum atomic E-state index is -0.672. The van der Waals surface area contributed by atoms with Crippen LogP contribution >= 0.6 is 0 Å². The molecular weight excluding hydrogens is 168 g/mol. The van der Waals surface area contributed by atoms with Gasteiger partial charge in [0.25, 0.3) is 0 Å². The number of rotatable bonds is 3. The van der Waals surface area contributed by atoms with Gasteiger partial charge in [-0.05, 0) is 13.8 Å². The van der Waals surface area contributed by atoms with E-state index < -0.39 is 11.9 Å². The topological polar surface area (TPSA) is 35.5 Å². The van der Waals surface area contributed by atoms with Crippen LogP contribution in [0.25, 0.3) is 0 Å². The Hall–Kier alpha value is -0.670. The van der Waals surface area contributed by atoms with E-state index in [-0.39, 0.29) is 11.9 Å². The summed E-state index contributed by atoms with van der Waals surface area (Å²) in [5, 5.41) is 0. The van der Waals surface area contributed by atoms with Gasteiger partial charge in [0.1, 0.15) is 12.2 Å². The Morgan fingerprint density at radius 1 is 1.54 bits per heavy atom. The molecule has 2 atom stereocenters. The summed E-state index contributed by atoms with van der Waals surface area (Å²) in [6.45, 7) is 9.03. The summed E-state index contributed by atoms with van der Waals surface area (Å²) in [6, 6.07) is 0. The molecule has 0 spiro atoms. The molecule has 3 heteroatoms. The van der Waals surface area contributed by atoms with Crippen molar-refractivity contribution in [2.24, 2.45) is 0 Å². The molecule has 0 unspecified atom stereocenters. The number of ether oxygens (including phenoxy) is 2. The van der Waals surface area contributed by atoms with E-state index in [2.05, 4.69) is 6.58 Å². The molecule has 1 fully saturated rings. The zero-order valence-electron chi connectivity index (χ0n) is 8.37. The molecule has 0 N–H and O–H groups in total. The van der Waals surface area contributed by atoms with Crippen LogP contribution in [-0.4, -0.2) is 23.8 Å². The zero-order chi connectivity index (χ0) is 10.1. The molecule has 13 heavy (non-hydrogen) atoms. The lowest BCUT2D eigenvalue weighted by Crippen LogP contribution is -2.29. The predicted molar refractivity (Wildman–Crippen MR) is 49.3 cm³/mol. The summed E-state index contributed by atoms with van der Waals surface area (Å²) < 4.78 is 10.9. The zero-order valence-corrected chi connectivity index (χ0v) is 8.37. The van der Waals surface area contributed by atoms with Crippen LogP contribution in [0.15, 0.2) is 12.7 Å². The van der Waals surface area contributed by atoms with Crippen molar-refractivity contribution in [3.8, 4) is 0 Å². The Kier molecular flexibility index (Phi) is 2.88. The first-order chi connectivity index (χ1) is 6.00. The first kappa shape index (κ1) is 10.4. The largest absolute Gasteiger partial charge is 0.340 e. The summed E-state index contributed by atoms with van der Waals surface area (Å²) in [7, 11) is 0. The predicted octanol–water partition coefficient (Wildman–Crippen LogP) is 1.67. The van der Waals surface area contributed by atoms with E-state index in [4.69, 9.17) is 9.47 Å². The second-order valence-corrected chi connectivity index (χ2v) is 3.58. The van der Waals surface area contributed by atoms with Crippen molar-refractivity contribution >= 4 is 5.78 Å². The SMILES string of the molecule is C=C[C@H]1OC(C)(C)O[C@H]1C(=O)CC. The van der Waals surface area contributed by atoms with Gasteiger partial charge < -0.3 is 9.47 Å². The van der Waals surface area contributed by atoms with Gasteiger partial charge in [-0.3, -0.25) is 4.79 Å². The lowest BCUT2D eigenvalue weighted by Gasteiger charge is -2.15. The molecule has 0 aromatic carbocycles. The van der Waals surface area contributed by atoms with Gasteiger partial charge >= 0.3 is 0 Å². The number of carbonyl (C=O) groups is 1. The summed E-state index contributed by atoms with van der Waals surface area (Å²) in [5.74, 6) is -0.607. The third kappa shape index (κ3) is 2.17. The Labute approximate surface area is 78.7 Å². The van der Waals surface area contributed by atoms with Crippen molar-refractivity contribution in [2.45, 2.75) is 45.2 Å². The summed E-state index contributed by atoms with van der Waals surface area (Å²) >= 11 is 0. The quantitative estimate of drug-likeness (QED) is 0.626. The van der Waals surface area contributed by atoms with Crippen LogP contribution in [0.2, 0.25) is 0 Å². The van der Waals surface area contributed by atoms with E-state index >= 15 is 0 Å². The first-order valence-corrected chi connectivity index (χ1v) is 4.51. The molecule has 1 aliphatic rings. The van der Waals surface area contributed by atoms with E-state index in [1.165, 1.54) is 0 Å². The maximum absolute atomic E-state index is 11.4. The van der Waals surface area contributed by atoms with Gasteiger partial charge in [0.15, 0.2) is 11.6 Å². The highest BCUT2D eigenvalue weighted by Crippen LogP contribution is 2.29. The van der Waals surface area contributed by atoms with Crippen molar-refractivity contribution in [1.82, 2.24) is 0 Å². The minimum Gasteiger partial charge on any atom is -0.340 e. The van der Waals surface area contributed by atoms with E-state index in [9.17, 15) is 4.79 Å².